The van der Waals surface area contributed by atoms with Gasteiger partial charge in [-0.1, -0.05) is 31.0 Å². The van der Waals surface area contributed by atoms with Gasteiger partial charge in [0.05, 0.1) is 0 Å². The van der Waals surface area contributed by atoms with E-state index in [9.17, 15) is 0 Å². The first-order valence-electron chi connectivity index (χ1n) is 6.89. The van der Waals surface area contributed by atoms with E-state index >= 15 is 0 Å². The van der Waals surface area contributed by atoms with Crippen molar-refractivity contribution in [3.8, 4) is 0 Å². The predicted molar refractivity (Wildman–Crippen MR) is 72.3 cm³/mol. The first-order chi connectivity index (χ1) is 8.27. The third-order valence-electron chi connectivity index (χ3n) is 4.38. The number of rotatable bonds is 2. The molecule has 2 unspecified atom stereocenters. The Labute approximate surface area is 104 Å². The van der Waals surface area contributed by atoms with E-state index < -0.39 is 0 Å². The molecule has 2 N–H and O–H groups in total. The molecule has 0 aromatic heterocycles. The Morgan fingerprint density at radius 3 is 2.65 bits per heavy atom. The lowest BCUT2D eigenvalue weighted by Gasteiger charge is -2.35. The second kappa shape index (κ2) is 4.34. The minimum atomic E-state index is 0.253. The molecule has 1 fully saturated rings. The summed E-state index contributed by atoms with van der Waals surface area (Å²) in [5, 5.41) is 0. The molecule has 92 valence electrons. The number of hydrogen-bond donors (Lipinski definition) is 1. The average Bonchev–Trinajstić information content (AvgIpc) is 2.94. The maximum atomic E-state index is 6.19. The highest BCUT2D eigenvalue weighted by atomic mass is 15.2. The molecule has 1 heterocycles. The van der Waals surface area contributed by atoms with Crippen molar-refractivity contribution in [3.63, 3.8) is 0 Å². The van der Waals surface area contributed by atoms with Crippen LogP contribution in [0.1, 0.15) is 38.2 Å². The number of nitrogens with two attached hydrogens (primary N) is 1. The van der Waals surface area contributed by atoms with Gasteiger partial charge in [0.15, 0.2) is 0 Å². The summed E-state index contributed by atoms with van der Waals surface area (Å²) >= 11 is 0. The van der Waals surface area contributed by atoms with E-state index in [1.807, 2.05) is 0 Å². The van der Waals surface area contributed by atoms with Crippen LogP contribution in [0.15, 0.2) is 24.3 Å². The van der Waals surface area contributed by atoms with Gasteiger partial charge in [-0.2, -0.15) is 0 Å². The Bertz CT molecular complexity index is 394. The van der Waals surface area contributed by atoms with Crippen molar-refractivity contribution < 1.29 is 0 Å². The molecule has 2 aliphatic rings. The first-order valence-corrected chi connectivity index (χ1v) is 6.89. The lowest BCUT2D eigenvalue weighted by Crippen LogP contribution is -2.48. The van der Waals surface area contributed by atoms with Crippen LogP contribution >= 0.6 is 0 Å². The van der Waals surface area contributed by atoms with E-state index in [0.717, 1.165) is 12.5 Å². The predicted octanol–water partition coefficient (Wildman–Crippen LogP) is 2.71. The topological polar surface area (TPSA) is 29.3 Å². The molecule has 1 aromatic carbocycles. The quantitative estimate of drug-likeness (QED) is 0.846. The number of benzene rings is 1. The van der Waals surface area contributed by atoms with Crippen molar-refractivity contribution in [1.82, 2.24) is 0 Å². The SMILES string of the molecule is CC(N)C1Cc2ccccc2N1C1CCCC1. The van der Waals surface area contributed by atoms with Crippen LogP contribution in [0.25, 0.3) is 0 Å². The maximum absolute atomic E-state index is 6.19. The van der Waals surface area contributed by atoms with Crippen molar-refractivity contribution in [2.75, 3.05) is 4.90 Å². The fourth-order valence-electron chi connectivity index (χ4n) is 3.53. The van der Waals surface area contributed by atoms with Crippen molar-refractivity contribution in [2.24, 2.45) is 5.73 Å². The van der Waals surface area contributed by atoms with Gasteiger partial charge in [-0.15, -0.1) is 0 Å². The summed E-state index contributed by atoms with van der Waals surface area (Å²) in [5.74, 6) is 0. The fourth-order valence-corrected chi connectivity index (χ4v) is 3.53. The second-order valence-corrected chi connectivity index (χ2v) is 5.60. The van der Waals surface area contributed by atoms with E-state index in [-0.39, 0.29) is 6.04 Å². The molecule has 0 spiro atoms. The van der Waals surface area contributed by atoms with Crippen molar-refractivity contribution in [1.29, 1.82) is 0 Å². The molecule has 0 bridgehead atoms. The van der Waals surface area contributed by atoms with Gasteiger partial charge >= 0.3 is 0 Å². The maximum Gasteiger partial charge on any atom is 0.0482 e. The fraction of sp³-hybridized carbons (Fsp3) is 0.600. The van der Waals surface area contributed by atoms with E-state index in [0.29, 0.717) is 6.04 Å². The number of hydrogen-bond acceptors (Lipinski definition) is 2. The lowest BCUT2D eigenvalue weighted by atomic mass is 10.0. The van der Waals surface area contributed by atoms with E-state index in [1.165, 1.54) is 36.9 Å². The molecule has 2 nitrogen and oxygen atoms in total. The Balaban J connectivity index is 1.95. The Morgan fingerprint density at radius 1 is 1.24 bits per heavy atom. The molecule has 0 radical (unpaired) electrons. The van der Waals surface area contributed by atoms with Gasteiger partial charge < -0.3 is 10.6 Å². The van der Waals surface area contributed by atoms with Crippen LogP contribution in [-0.2, 0) is 6.42 Å². The van der Waals surface area contributed by atoms with Gasteiger partial charge in [-0.3, -0.25) is 0 Å². The Hall–Kier alpha value is -1.02. The van der Waals surface area contributed by atoms with Gasteiger partial charge in [0, 0.05) is 23.8 Å². The summed E-state index contributed by atoms with van der Waals surface area (Å²) in [6.07, 6.45) is 6.59. The third kappa shape index (κ3) is 1.85. The normalized spacial score (nSPS) is 26.2. The number of fused-ring (bicyclic) bond motifs is 1. The molecule has 17 heavy (non-hydrogen) atoms. The van der Waals surface area contributed by atoms with Crippen LogP contribution in [0.4, 0.5) is 5.69 Å². The van der Waals surface area contributed by atoms with Gasteiger partial charge in [0.1, 0.15) is 0 Å². The summed E-state index contributed by atoms with van der Waals surface area (Å²) in [7, 11) is 0. The van der Waals surface area contributed by atoms with Gasteiger partial charge in [0.2, 0.25) is 0 Å². The first kappa shape index (κ1) is 11.1. The highest BCUT2D eigenvalue weighted by Crippen LogP contribution is 2.38. The minimum Gasteiger partial charge on any atom is -0.363 e. The van der Waals surface area contributed by atoms with Crippen LogP contribution in [-0.4, -0.2) is 18.1 Å². The monoisotopic (exact) mass is 230 g/mol. The van der Waals surface area contributed by atoms with Gasteiger partial charge in [0.25, 0.3) is 0 Å². The standard InChI is InChI=1S/C15H22N2/c1-11(16)15-10-12-6-2-5-9-14(12)17(15)13-7-3-4-8-13/h2,5-6,9,11,13,15H,3-4,7-8,10,16H2,1H3. The van der Waals surface area contributed by atoms with Crippen LogP contribution in [0.5, 0.6) is 0 Å². The summed E-state index contributed by atoms with van der Waals surface area (Å²) in [6, 6.07) is 10.3. The molecule has 1 aliphatic heterocycles. The smallest absolute Gasteiger partial charge is 0.0482 e. The number of para-hydroxylation sites is 1. The molecule has 1 aromatic rings. The van der Waals surface area contributed by atoms with Crippen molar-refractivity contribution in [2.45, 2.75) is 57.2 Å². The van der Waals surface area contributed by atoms with Crippen LogP contribution in [0.2, 0.25) is 0 Å². The van der Waals surface area contributed by atoms with Gasteiger partial charge in [-0.25, -0.2) is 0 Å². The zero-order chi connectivity index (χ0) is 11.8. The van der Waals surface area contributed by atoms with E-state index in [2.05, 4.69) is 36.1 Å². The molecular weight excluding hydrogens is 208 g/mol. The molecule has 1 saturated carbocycles. The van der Waals surface area contributed by atoms with Crippen LogP contribution in [0.3, 0.4) is 0 Å². The van der Waals surface area contributed by atoms with Crippen molar-refractivity contribution >= 4 is 5.69 Å². The summed E-state index contributed by atoms with van der Waals surface area (Å²) in [6.45, 7) is 2.15. The zero-order valence-electron chi connectivity index (χ0n) is 10.6. The average molecular weight is 230 g/mol. The van der Waals surface area contributed by atoms with Crippen molar-refractivity contribution in [3.05, 3.63) is 29.8 Å². The molecule has 1 aliphatic carbocycles. The summed E-state index contributed by atoms with van der Waals surface area (Å²) < 4.78 is 0. The van der Waals surface area contributed by atoms with Crippen LogP contribution in [0, 0.1) is 0 Å². The molecule has 2 heteroatoms. The Morgan fingerprint density at radius 2 is 1.94 bits per heavy atom. The zero-order valence-corrected chi connectivity index (χ0v) is 10.6. The highest BCUT2D eigenvalue weighted by molar-refractivity contribution is 5.60. The third-order valence-corrected chi connectivity index (χ3v) is 4.38. The molecule has 0 saturated heterocycles. The Kier molecular flexibility index (Phi) is 2.83. The van der Waals surface area contributed by atoms with E-state index in [1.54, 1.807) is 0 Å². The summed E-state index contributed by atoms with van der Waals surface area (Å²) in [5.41, 5.74) is 9.13. The molecule has 2 atom stereocenters. The number of anilines is 1. The molecule has 0 amide bonds. The highest BCUT2D eigenvalue weighted by Gasteiger charge is 2.36. The second-order valence-electron chi connectivity index (χ2n) is 5.60. The molecular formula is C15H22N2. The van der Waals surface area contributed by atoms with E-state index in [4.69, 9.17) is 5.73 Å². The lowest BCUT2D eigenvalue weighted by molar-refractivity contribution is 0.475. The van der Waals surface area contributed by atoms with Gasteiger partial charge in [-0.05, 0) is 37.8 Å². The summed E-state index contributed by atoms with van der Waals surface area (Å²) in [4.78, 5) is 2.63. The number of nitrogens with zero attached hydrogens (tertiary/aromatic N) is 1. The molecule has 3 rings (SSSR count). The largest absolute Gasteiger partial charge is 0.363 e. The van der Waals surface area contributed by atoms with Crippen LogP contribution < -0.4 is 10.6 Å². The minimum absolute atomic E-state index is 0.253.